The predicted octanol–water partition coefficient (Wildman–Crippen LogP) is 5.39. The van der Waals surface area contributed by atoms with Crippen molar-refractivity contribution in [3.8, 4) is 0 Å². The summed E-state index contributed by atoms with van der Waals surface area (Å²) in [5.41, 5.74) is 2.25. The Morgan fingerprint density at radius 1 is 1.14 bits per heavy atom. The first-order valence-corrected chi connectivity index (χ1v) is 9.06. The van der Waals surface area contributed by atoms with E-state index < -0.39 is 0 Å². The highest BCUT2D eigenvalue weighted by Crippen LogP contribution is 2.42. The average molecular weight is 301 g/mol. The summed E-state index contributed by atoms with van der Waals surface area (Å²) < 4.78 is 1.43. The maximum atomic E-state index is 3.77. The van der Waals surface area contributed by atoms with Crippen LogP contribution in [0.3, 0.4) is 0 Å². The lowest BCUT2D eigenvalue weighted by atomic mass is 9.79. The Kier molecular flexibility index (Phi) is 4.11. The molecule has 0 atom stereocenters. The molecular weight excluding hydrogens is 274 g/mol. The normalized spacial score (nSPS) is 18.4. The first-order chi connectivity index (χ1) is 9.98. The summed E-state index contributed by atoms with van der Waals surface area (Å²) in [6.07, 6.45) is 6.78. The Balaban J connectivity index is 1.82. The van der Waals surface area contributed by atoms with Crippen LogP contribution in [0.4, 0.5) is 0 Å². The first kappa shape index (κ1) is 15.1. The van der Waals surface area contributed by atoms with E-state index in [1.807, 2.05) is 11.3 Å². The molecule has 0 spiro atoms. The van der Waals surface area contributed by atoms with Crippen LogP contribution in [0.25, 0.3) is 10.1 Å². The number of hydrogen-bond acceptors (Lipinski definition) is 2. The Hall–Kier alpha value is -0.860. The molecule has 1 aliphatic carbocycles. The summed E-state index contributed by atoms with van der Waals surface area (Å²) in [7, 11) is 0. The predicted molar refractivity (Wildman–Crippen MR) is 94.2 cm³/mol. The summed E-state index contributed by atoms with van der Waals surface area (Å²) in [5.74, 6) is 0. The number of hydrogen-bond donors (Lipinski definition) is 1. The molecule has 0 radical (unpaired) electrons. The number of fused-ring (bicyclic) bond motifs is 1. The van der Waals surface area contributed by atoms with E-state index >= 15 is 0 Å². The van der Waals surface area contributed by atoms with Gasteiger partial charge in [-0.2, -0.15) is 0 Å². The van der Waals surface area contributed by atoms with E-state index in [0.29, 0.717) is 5.41 Å². The Morgan fingerprint density at radius 3 is 2.57 bits per heavy atom. The minimum Gasteiger partial charge on any atom is -0.312 e. The fourth-order valence-electron chi connectivity index (χ4n) is 3.57. The SMILES string of the molecule is CC(C)(C)NCC1(Cc2csc3ccccc23)CCCC1. The fourth-order valence-corrected chi connectivity index (χ4v) is 4.53. The summed E-state index contributed by atoms with van der Waals surface area (Å²) in [6.45, 7) is 7.97. The zero-order valence-corrected chi connectivity index (χ0v) is 14.4. The van der Waals surface area contributed by atoms with Gasteiger partial charge < -0.3 is 5.32 Å². The van der Waals surface area contributed by atoms with Gasteiger partial charge in [0.1, 0.15) is 0 Å². The number of thiophene rings is 1. The van der Waals surface area contributed by atoms with Gasteiger partial charge >= 0.3 is 0 Å². The van der Waals surface area contributed by atoms with E-state index in [2.05, 4.69) is 55.7 Å². The van der Waals surface area contributed by atoms with Crippen molar-refractivity contribution in [2.24, 2.45) is 5.41 Å². The summed E-state index contributed by atoms with van der Waals surface area (Å²) >= 11 is 1.90. The number of benzene rings is 1. The van der Waals surface area contributed by atoms with Crippen molar-refractivity contribution in [1.82, 2.24) is 5.32 Å². The van der Waals surface area contributed by atoms with Gasteiger partial charge in [0.05, 0.1) is 0 Å². The maximum Gasteiger partial charge on any atom is 0.0345 e. The molecule has 0 unspecified atom stereocenters. The van der Waals surface area contributed by atoms with E-state index in [0.717, 1.165) is 6.54 Å². The molecule has 1 N–H and O–H groups in total. The molecule has 3 rings (SSSR count). The molecule has 2 heteroatoms. The van der Waals surface area contributed by atoms with Crippen molar-refractivity contribution >= 4 is 21.4 Å². The minimum atomic E-state index is 0.215. The highest BCUT2D eigenvalue weighted by atomic mass is 32.1. The second kappa shape index (κ2) is 5.73. The maximum absolute atomic E-state index is 3.77. The van der Waals surface area contributed by atoms with Crippen LogP contribution in [0.2, 0.25) is 0 Å². The minimum absolute atomic E-state index is 0.215. The monoisotopic (exact) mass is 301 g/mol. The van der Waals surface area contributed by atoms with Crippen molar-refractivity contribution in [3.05, 3.63) is 35.2 Å². The van der Waals surface area contributed by atoms with Crippen LogP contribution in [0.1, 0.15) is 52.0 Å². The molecule has 1 heterocycles. The molecular formula is C19H27NS. The highest BCUT2D eigenvalue weighted by molar-refractivity contribution is 7.17. The van der Waals surface area contributed by atoms with E-state index in [1.54, 1.807) is 5.56 Å². The van der Waals surface area contributed by atoms with Gasteiger partial charge in [0, 0.05) is 16.8 Å². The zero-order chi connectivity index (χ0) is 14.9. The summed E-state index contributed by atoms with van der Waals surface area (Å²) in [6, 6.07) is 8.86. The molecule has 1 aromatic carbocycles. The van der Waals surface area contributed by atoms with Gasteiger partial charge in [0.25, 0.3) is 0 Å². The third-order valence-corrected chi connectivity index (χ3v) is 5.80. The van der Waals surface area contributed by atoms with Gasteiger partial charge in [-0.15, -0.1) is 11.3 Å². The quantitative estimate of drug-likeness (QED) is 0.798. The Labute approximate surface area is 132 Å². The molecule has 0 saturated heterocycles. The number of rotatable bonds is 4. The van der Waals surface area contributed by atoms with E-state index in [9.17, 15) is 0 Å². The molecule has 1 nitrogen and oxygen atoms in total. The topological polar surface area (TPSA) is 12.0 Å². The lowest BCUT2D eigenvalue weighted by Crippen LogP contribution is -2.43. The van der Waals surface area contributed by atoms with Gasteiger partial charge in [-0.05, 0) is 67.8 Å². The van der Waals surface area contributed by atoms with Crippen LogP contribution >= 0.6 is 11.3 Å². The molecule has 1 aliphatic rings. The standard InChI is InChI=1S/C19H27NS/c1-18(2,3)20-14-19(10-6-7-11-19)12-15-13-21-17-9-5-4-8-16(15)17/h4-5,8-9,13,20H,6-7,10-12,14H2,1-3H3. The van der Waals surface area contributed by atoms with Crippen molar-refractivity contribution in [2.45, 2.75) is 58.4 Å². The fraction of sp³-hybridized carbons (Fsp3) is 0.579. The molecule has 114 valence electrons. The van der Waals surface area contributed by atoms with Crippen LogP contribution in [-0.2, 0) is 6.42 Å². The van der Waals surface area contributed by atoms with Crippen molar-refractivity contribution in [2.75, 3.05) is 6.54 Å². The average Bonchev–Trinajstić information content (AvgIpc) is 3.05. The van der Waals surface area contributed by atoms with Crippen molar-refractivity contribution in [1.29, 1.82) is 0 Å². The summed E-state index contributed by atoms with van der Waals surface area (Å²) in [5, 5.41) is 7.64. The Bertz CT molecular complexity index is 599. The number of nitrogens with one attached hydrogen (secondary N) is 1. The lowest BCUT2D eigenvalue weighted by Gasteiger charge is -2.33. The van der Waals surface area contributed by atoms with E-state index in [1.165, 1.54) is 42.2 Å². The van der Waals surface area contributed by atoms with E-state index in [-0.39, 0.29) is 5.54 Å². The van der Waals surface area contributed by atoms with Gasteiger partial charge in [0.15, 0.2) is 0 Å². The largest absolute Gasteiger partial charge is 0.312 e. The Morgan fingerprint density at radius 2 is 1.86 bits per heavy atom. The second-order valence-corrected chi connectivity index (χ2v) is 8.66. The van der Waals surface area contributed by atoms with Crippen LogP contribution in [0.5, 0.6) is 0 Å². The molecule has 1 fully saturated rings. The van der Waals surface area contributed by atoms with E-state index in [4.69, 9.17) is 0 Å². The van der Waals surface area contributed by atoms with Gasteiger partial charge in [-0.3, -0.25) is 0 Å². The van der Waals surface area contributed by atoms with Gasteiger partial charge in [-0.1, -0.05) is 31.0 Å². The third-order valence-electron chi connectivity index (χ3n) is 4.78. The second-order valence-electron chi connectivity index (χ2n) is 7.74. The zero-order valence-electron chi connectivity index (χ0n) is 13.5. The molecule has 0 bridgehead atoms. The van der Waals surface area contributed by atoms with Crippen LogP contribution in [-0.4, -0.2) is 12.1 Å². The lowest BCUT2D eigenvalue weighted by molar-refractivity contribution is 0.245. The molecule has 0 amide bonds. The molecule has 1 saturated carbocycles. The third kappa shape index (κ3) is 3.49. The van der Waals surface area contributed by atoms with Crippen molar-refractivity contribution < 1.29 is 0 Å². The molecule has 0 aliphatic heterocycles. The van der Waals surface area contributed by atoms with Gasteiger partial charge in [0.2, 0.25) is 0 Å². The molecule has 1 aromatic heterocycles. The van der Waals surface area contributed by atoms with Crippen LogP contribution in [0.15, 0.2) is 29.6 Å². The molecule has 2 aromatic rings. The van der Waals surface area contributed by atoms with Crippen molar-refractivity contribution in [3.63, 3.8) is 0 Å². The molecule has 21 heavy (non-hydrogen) atoms. The smallest absolute Gasteiger partial charge is 0.0345 e. The summed E-state index contributed by atoms with van der Waals surface area (Å²) in [4.78, 5) is 0. The highest BCUT2D eigenvalue weighted by Gasteiger charge is 2.35. The first-order valence-electron chi connectivity index (χ1n) is 8.18. The van der Waals surface area contributed by atoms with Gasteiger partial charge in [-0.25, -0.2) is 0 Å². The van der Waals surface area contributed by atoms with Crippen LogP contribution < -0.4 is 5.32 Å². The van der Waals surface area contributed by atoms with Crippen LogP contribution in [0, 0.1) is 5.41 Å².